The Kier molecular flexibility index (Phi) is 2.38. The summed E-state index contributed by atoms with van der Waals surface area (Å²) in [4.78, 5) is 0. The first-order valence-electron chi connectivity index (χ1n) is 3.35. The Morgan fingerprint density at radius 1 is 1.10 bits per heavy atom. The SMILES string of the molecule is C[N+](C)=Bc1ccccc1. The van der Waals surface area contributed by atoms with E-state index in [0.717, 1.165) is 0 Å². The van der Waals surface area contributed by atoms with Gasteiger partial charge >= 0.3 is 61.4 Å². The van der Waals surface area contributed by atoms with Crippen LogP contribution in [0.4, 0.5) is 0 Å². The van der Waals surface area contributed by atoms with E-state index in [4.69, 9.17) is 0 Å². The van der Waals surface area contributed by atoms with Gasteiger partial charge in [0.1, 0.15) is 0 Å². The normalized spacial score (nSPS) is 8.60. The summed E-state index contributed by atoms with van der Waals surface area (Å²) in [6.45, 7) is 0. The van der Waals surface area contributed by atoms with Gasteiger partial charge in [-0.3, -0.25) is 0 Å². The molecule has 0 bridgehead atoms. The molecule has 1 aromatic rings. The van der Waals surface area contributed by atoms with Gasteiger partial charge in [0.25, 0.3) is 0 Å². The van der Waals surface area contributed by atoms with Gasteiger partial charge in [-0.1, -0.05) is 0 Å². The molecule has 50 valence electrons. The van der Waals surface area contributed by atoms with Crippen LogP contribution < -0.4 is 5.46 Å². The molecule has 0 aliphatic carbocycles. The Morgan fingerprint density at radius 3 is 2.20 bits per heavy atom. The summed E-state index contributed by atoms with van der Waals surface area (Å²) >= 11 is 0. The van der Waals surface area contributed by atoms with E-state index in [9.17, 15) is 0 Å². The molecule has 1 rings (SSSR count). The van der Waals surface area contributed by atoms with Gasteiger partial charge in [0.05, 0.1) is 0 Å². The predicted molar refractivity (Wildman–Crippen MR) is 43.9 cm³/mol. The van der Waals surface area contributed by atoms with E-state index >= 15 is 0 Å². The molecule has 0 unspecified atom stereocenters. The summed E-state index contributed by atoms with van der Waals surface area (Å²) in [5.41, 5.74) is 1.24. The molecular weight excluding hydrogens is 121 g/mol. The molecule has 0 aliphatic heterocycles. The van der Waals surface area contributed by atoms with Crippen LogP contribution in [-0.4, -0.2) is 25.6 Å². The molecule has 1 aromatic carbocycles. The van der Waals surface area contributed by atoms with Crippen molar-refractivity contribution in [2.24, 2.45) is 0 Å². The fourth-order valence-electron chi connectivity index (χ4n) is 0.837. The van der Waals surface area contributed by atoms with E-state index in [-0.39, 0.29) is 0 Å². The van der Waals surface area contributed by atoms with E-state index < -0.39 is 0 Å². The van der Waals surface area contributed by atoms with Crippen LogP contribution in [-0.2, 0) is 0 Å². The molecule has 0 saturated carbocycles. The molecule has 0 radical (unpaired) electrons. The summed E-state index contributed by atoms with van der Waals surface area (Å²) in [6.07, 6.45) is 0. The van der Waals surface area contributed by atoms with Crippen LogP contribution in [0.5, 0.6) is 0 Å². The standard InChI is InChI=1S/C8H11BN/c1-10(2)9-8-6-4-3-5-7-8/h3-7H,1-2H3/q+1. The van der Waals surface area contributed by atoms with Crippen molar-refractivity contribution >= 4 is 12.5 Å². The molecule has 0 aliphatic rings. The van der Waals surface area contributed by atoms with Gasteiger partial charge in [-0.25, -0.2) is 0 Å². The first kappa shape index (κ1) is 7.20. The summed E-state index contributed by atoms with van der Waals surface area (Å²) in [6, 6.07) is 10.3. The third-order valence-electron chi connectivity index (χ3n) is 1.21. The van der Waals surface area contributed by atoms with Gasteiger partial charge in [-0.2, -0.15) is 0 Å². The summed E-state index contributed by atoms with van der Waals surface area (Å²) in [7, 11) is 6.12. The summed E-state index contributed by atoms with van der Waals surface area (Å²) < 4.78 is 2.04. The fraction of sp³-hybridized carbons (Fsp3) is 0.250. The van der Waals surface area contributed by atoms with Crippen molar-refractivity contribution in [3.8, 4) is 0 Å². The second-order valence-electron chi connectivity index (χ2n) is 2.50. The third-order valence-corrected chi connectivity index (χ3v) is 1.21. The Hall–Kier alpha value is -0.915. The summed E-state index contributed by atoms with van der Waals surface area (Å²) in [5.74, 6) is 0. The average Bonchev–Trinajstić information content (AvgIpc) is 1.88. The second kappa shape index (κ2) is 3.30. The van der Waals surface area contributed by atoms with E-state index in [1.165, 1.54) is 5.46 Å². The van der Waals surface area contributed by atoms with Gasteiger partial charge in [-0.05, 0) is 0 Å². The van der Waals surface area contributed by atoms with Crippen LogP contribution in [0, 0.1) is 0 Å². The Labute approximate surface area is 62.3 Å². The molecule has 1 nitrogen and oxygen atoms in total. The molecular formula is C8H11BN+. The Balaban J connectivity index is 2.87. The van der Waals surface area contributed by atoms with Crippen LogP contribution in [0.1, 0.15) is 0 Å². The van der Waals surface area contributed by atoms with Gasteiger partial charge in [0, 0.05) is 0 Å². The number of nitrogens with zero attached hydrogens (tertiary/aromatic N) is 1. The average molecular weight is 132 g/mol. The van der Waals surface area contributed by atoms with Crippen molar-refractivity contribution in [3.63, 3.8) is 0 Å². The molecule has 0 saturated heterocycles. The van der Waals surface area contributed by atoms with Crippen LogP contribution in [0.2, 0.25) is 0 Å². The quantitative estimate of drug-likeness (QED) is 0.488. The topological polar surface area (TPSA) is 3.01 Å². The Bertz CT molecular complexity index is 224. The van der Waals surface area contributed by atoms with Crippen molar-refractivity contribution in [3.05, 3.63) is 30.3 Å². The minimum atomic E-state index is 1.24. The van der Waals surface area contributed by atoms with Crippen LogP contribution in [0.3, 0.4) is 0 Å². The van der Waals surface area contributed by atoms with Crippen molar-refractivity contribution in [1.82, 2.24) is 0 Å². The van der Waals surface area contributed by atoms with E-state index in [1.807, 2.05) is 36.8 Å². The van der Waals surface area contributed by atoms with Crippen molar-refractivity contribution in [1.29, 1.82) is 0 Å². The summed E-state index contributed by atoms with van der Waals surface area (Å²) in [5, 5.41) is 0. The third kappa shape index (κ3) is 2.13. The Morgan fingerprint density at radius 2 is 1.70 bits per heavy atom. The molecule has 10 heavy (non-hydrogen) atoms. The maximum absolute atomic E-state index is 2.08. The molecule has 0 N–H and O–H groups in total. The zero-order valence-corrected chi connectivity index (χ0v) is 6.41. The van der Waals surface area contributed by atoms with E-state index in [0.29, 0.717) is 0 Å². The van der Waals surface area contributed by atoms with Crippen LogP contribution >= 0.6 is 0 Å². The minimum absolute atomic E-state index is 1.24. The van der Waals surface area contributed by atoms with E-state index in [2.05, 4.69) is 19.2 Å². The molecule has 0 aromatic heterocycles. The van der Waals surface area contributed by atoms with Crippen molar-refractivity contribution in [2.45, 2.75) is 0 Å². The zero-order chi connectivity index (χ0) is 7.40. The second-order valence-corrected chi connectivity index (χ2v) is 2.50. The predicted octanol–water partition coefficient (Wildman–Crippen LogP) is 0.472. The molecule has 0 heterocycles. The van der Waals surface area contributed by atoms with E-state index in [1.54, 1.807) is 0 Å². The molecule has 0 atom stereocenters. The number of rotatable bonds is 1. The zero-order valence-electron chi connectivity index (χ0n) is 6.41. The number of hydrogen-bond acceptors (Lipinski definition) is 0. The molecule has 2 heteroatoms. The van der Waals surface area contributed by atoms with Gasteiger partial charge in [-0.15, -0.1) is 0 Å². The monoisotopic (exact) mass is 132 g/mol. The van der Waals surface area contributed by atoms with Crippen molar-refractivity contribution in [2.75, 3.05) is 14.1 Å². The molecule has 0 amide bonds. The molecule has 0 spiro atoms. The van der Waals surface area contributed by atoms with Gasteiger partial charge in [0.2, 0.25) is 0 Å². The van der Waals surface area contributed by atoms with Crippen molar-refractivity contribution < 1.29 is 4.48 Å². The molecule has 0 fully saturated rings. The van der Waals surface area contributed by atoms with Crippen LogP contribution in [0.15, 0.2) is 30.3 Å². The number of hydrogen-bond donors (Lipinski definition) is 0. The first-order chi connectivity index (χ1) is 4.79. The van der Waals surface area contributed by atoms with Crippen LogP contribution in [0.25, 0.3) is 0 Å². The fourth-order valence-corrected chi connectivity index (χ4v) is 0.837. The first-order valence-corrected chi connectivity index (χ1v) is 3.35. The van der Waals surface area contributed by atoms with Gasteiger partial charge < -0.3 is 0 Å². The maximum atomic E-state index is 2.08. The number of benzene rings is 1. The van der Waals surface area contributed by atoms with Gasteiger partial charge in [0.15, 0.2) is 0 Å².